The Hall–Kier alpha value is -2.93. The lowest BCUT2D eigenvalue weighted by Gasteiger charge is -2.25. The Morgan fingerprint density at radius 1 is 1.23 bits per heavy atom. The van der Waals surface area contributed by atoms with Crippen molar-refractivity contribution in [2.75, 3.05) is 18.6 Å². The Bertz CT molecular complexity index is 1070. The Balaban J connectivity index is 1.59. The summed E-state index contributed by atoms with van der Waals surface area (Å²) in [6.45, 7) is 0.849. The molecule has 0 saturated carbocycles. The van der Waals surface area contributed by atoms with Gasteiger partial charge < -0.3 is 14.7 Å². The molecule has 1 atom stereocenters. The third-order valence-corrected chi connectivity index (χ3v) is 6.13. The van der Waals surface area contributed by atoms with Crippen LogP contribution in [0.3, 0.4) is 0 Å². The summed E-state index contributed by atoms with van der Waals surface area (Å²) >= 11 is 3.55. The quantitative estimate of drug-likeness (QED) is 0.507. The van der Waals surface area contributed by atoms with Crippen molar-refractivity contribution in [3.8, 4) is 5.75 Å². The maximum atomic E-state index is 11.8. The molecule has 1 aromatic heterocycles. The van der Waals surface area contributed by atoms with Gasteiger partial charge in [0.1, 0.15) is 5.75 Å². The Labute approximate surface area is 190 Å². The summed E-state index contributed by atoms with van der Waals surface area (Å²) in [5.41, 5.74) is 3.03. The number of aromatic nitrogens is 2. The number of halogens is 1. The minimum atomic E-state index is -0.999. The van der Waals surface area contributed by atoms with Crippen molar-refractivity contribution in [3.63, 3.8) is 0 Å². The number of aryl methyl sites for hydroxylation is 2. The molecule has 2 heterocycles. The van der Waals surface area contributed by atoms with E-state index in [1.165, 1.54) is 11.8 Å². The Morgan fingerprint density at radius 3 is 2.74 bits per heavy atom. The molecule has 4 rings (SSSR count). The van der Waals surface area contributed by atoms with Crippen LogP contribution in [-0.4, -0.2) is 34.7 Å². The summed E-state index contributed by atoms with van der Waals surface area (Å²) in [5.74, 6) is 0.394. The number of carboxylic acids is 1. The predicted octanol–water partition coefficient (Wildman–Crippen LogP) is 5.07. The molecule has 0 bridgehead atoms. The first kappa shape index (κ1) is 21.3. The van der Waals surface area contributed by atoms with Gasteiger partial charge in [0.25, 0.3) is 0 Å². The van der Waals surface area contributed by atoms with Gasteiger partial charge >= 0.3 is 5.97 Å². The zero-order valence-corrected chi connectivity index (χ0v) is 18.9. The summed E-state index contributed by atoms with van der Waals surface area (Å²) < 4.78 is 6.24. The van der Waals surface area contributed by atoms with Gasteiger partial charge in [-0.25, -0.2) is 14.8 Å². The normalized spacial score (nSPS) is 15.8. The predicted molar refractivity (Wildman–Crippen MR) is 123 cm³/mol. The number of hydrogen-bond acceptors (Lipinski definition) is 5. The molecule has 0 aliphatic carbocycles. The van der Waals surface area contributed by atoms with Crippen LogP contribution in [0.1, 0.15) is 46.1 Å². The molecular weight excluding hydrogens is 458 g/mol. The summed E-state index contributed by atoms with van der Waals surface area (Å²) in [6, 6.07) is 16.3. The maximum Gasteiger partial charge on any atom is 0.339 e. The summed E-state index contributed by atoms with van der Waals surface area (Å²) in [4.78, 5) is 23.1. The van der Waals surface area contributed by atoms with Gasteiger partial charge in [0.05, 0.1) is 24.4 Å². The first-order valence-corrected chi connectivity index (χ1v) is 11.1. The third-order valence-electron chi connectivity index (χ3n) is 5.64. The number of aromatic carboxylic acids is 1. The van der Waals surface area contributed by atoms with E-state index in [2.05, 4.69) is 37.9 Å². The van der Waals surface area contributed by atoms with Crippen LogP contribution in [0.4, 0.5) is 5.95 Å². The number of benzene rings is 2. The van der Waals surface area contributed by atoms with E-state index < -0.39 is 5.97 Å². The molecule has 1 aliphatic heterocycles. The minimum Gasteiger partial charge on any atom is -0.497 e. The van der Waals surface area contributed by atoms with Crippen molar-refractivity contribution in [3.05, 3.63) is 81.6 Å². The van der Waals surface area contributed by atoms with Gasteiger partial charge in [-0.15, -0.1) is 0 Å². The fourth-order valence-corrected chi connectivity index (χ4v) is 4.45. The van der Waals surface area contributed by atoms with Crippen molar-refractivity contribution < 1.29 is 14.6 Å². The molecule has 0 amide bonds. The van der Waals surface area contributed by atoms with Gasteiger partial charge in [-0.1, -0.05) is 40.2 Å². The largest absolute Gasteiger partial charge is 0.497 e. The fraction of sp³-hybridized carbons (Fsp3) is 0.292. The molecule has 1 fully saturated rings. The second-order valence-corrected chi connectivity index (χ2v) is 8.51. The van der Waals surface area contributed by atoms with E-state index in [9.17, 15) is 9.90 Å². The zero-order valence-electron chi connectivity index (χ0n) is 17.3. The van der Waals surface area contributed by atoms with Crippen LogP contribution in [0.5, 0.6) is 5.75 Å². The summed E-state index contributed by atoms with van der Waals surface area (Å²) in [5, 5.41) is 9.63. The van der Waals surface area contributed by atoms with Gasteiger partial charge in [0.2, 0.25) is 5.95 Å². The molecular formula is C24H24BrN3O3. The number of nitrogens with zero attached hydrogens (tertiary/aromatic N) is 3. The first-order valence-electron chi connectivity index (χ1n) is 10.3. The van der Waals surface area contributed by atoms with Gasteiger partial charge in [0, 0.05) is 17.2 Å². The van der Waals surface area contributed by atoms with Crippen molar-refractivity contribution in [1.82, 2.24) is 9.97 Å². The van der Waals surface area contributed by atoms with Crippen LogP contribution in [0, 0.1) is 0 Å². The van der Waals surface area contributed by atoms with E-state index in [-0.39, 0.29) is 11.6 Å². The molecule has 1 N–H and O–H groups in total. The van der Waals surface area contributed by atoms with E-state index in [0.29, 0.717) is 24.5 Å². The van der Waals surface area contributed by atoms with Crippen LogP contribution in [0.25, 0.3) is 0 Å². The molecule has 1 aliphatic rings. The number of ether oxygens (including phenoxy) is 1. The maximum absolute atomic E-state index is 11.8. The lowest BCUT2D eigenvalue weighted by molar-refractivity contribution is 0.0694. The van der Waals surface area contributed by atoms with Gasteiger partial charge in [0.15, 0.2) is 0 Å². The van der Waals surface area contributed by atoms with Crippen LogP contribution in [0.15, 0.2) is 59.2 Å². The Kier molecular flexibility index (Phi) is 6.51. The SMILES string of the molecule is COc1ccc(CCc2nc(N3CCC[C@H]3c3cccc(Br)c3)ncc2C(=O)O)cc1. The molecule has 0 spiro atoms. The van der Waals surface area contributed by atoms with Gasteiger partial charge in [-0.2, -0.15) is 0 Å². The van der Waals surface area contributed by atoms with Crippen molar-refractivity contribution in [2.24, 2.45) is 0 Å². The van der Waals surface area contributed by atoms with E-state index in [0.717, 1.165) is 35.2 Å². The molecule has 7 heteroatoms. The van der Waals surface area contributed by atoms with E-state index in [1.54, 1.807) is 7.11 Å². The molecule has 0 unspecified atom stereocenters. The van der Waals surface area contributed by atoms with Gasteiger partial charge in [-0.05, 0) is 61.1 Å². The molecule has 0 radical (unpaired) electrons. The van der Waals surface area contributed by atoms with Gasteiger partial charge in [-0.3, -0.25) is 0 Å². The zero-order chi connectivity index (χ0) is 21.8. The van der Waals surface area contributed by atoms with Crippen molar-refractivity contribution >= 4 is 27.8 Å². The standard InChI is InChI=1S/C24H24BrN3O3/c1-31-19-10-7-16(8-11-19)9-12-21-20(23(29)30)15-26-24(27-21)28-13-3-6-22(28)17-4-2-5-18(25)14-17/h2,4-5,7-8,10-11,14-15,22H,3,6,9,12-13H2,1H3,(H,29,30)/t22-/m0/s1. The van der Waals surface area contributed by atoms with Crippen LogP contribution < -0.4 is 9.64 Å². The molecule has 2 aromatic carbocycles. The van der Waals surface area contributed by atoms with E-state index in [1.807, 2.05) is 36.4 Å². The second-order valence-electron chi connectivity index (χ2n) is 7.59. The van der Waals surface area contributed by atoms with E-state index >= 15 is 0 Å². The molecule has 6 nitrogen and oxygen atoms in total. The number of rotatable bonds is 7. The topological polar surface area (TPSA) is 75.5 Å². The first-order chi connectivity index (χ1) is 15.0. The molecule has 160 valence electrons. The minimum absolute atomic E-state index is 0.162. The lowest BCUT2D eigenvalue weighted by atomic mass is 10.0. The smallest absolute Gasteiger partial charge is 0.339 e. The van der Waals surface area contributed by atoms with Crippen LogP contribution in [0.2, 0.25) is 0 Å². The lowest BCUT2D eigenvalue weighted by Crippen LogP contribution is -2.25. The number of carboxylic acid groups (broad SMARTS) is 1. The molecule has 1 saturated heterocycles. The number of anilines is 1. The number of methoxy groups -OCH3 is 1. The highest BCUT2D eigenvalue weighted by Gasteiger charge is 2.29. The highest BCUT2D eigenvalue weighted by molar-refractivity contribution is 9.10. The third kappa shape index (κ3) is 4.88. The highest BCUT2D eigenvalue weighted by atomic mass is 79.9. The highest BCUT2D eigenvalue weighted by Crippen LogP contribution is 2.35. The van der Waals surface area contributed by atoms with Crippen LogP contribution >= 0.6 is 15.9 Å². The monoisotopic (exact) mass is 481 g/mol. The van der Waals surface area contributed by atoms with Crippen molar-refractivity contribution in [1.29, 1.82) is 0 Å². The average Bonchev–Trinajstić information content (AvgIpc) is 3.28. The van der Waals surface area contributed by atoms with Crippen molar-refractivity contribution in [2.45, 2.75) is 31.7 Å². The number of carbonyl (C=O) groups is 1. The molecule has 3 aromatic rings. The average molecular weight is 482 g/mol. The summed E-state index contributed by atoms with van der Waals surface area (Å²) in [6.07, 6.45) is 4.73. The summed E-state index contributed by atoms with van der Waals surface area (Å²) in [7, 11) is 1.64. The number of hydrogen-bond donors (Lipinski definition) is 1. The fourth-order valence-electron chi connectivity index (χ4n) is 4.04. The second kappa shape index (κ2) is 9.47. The molecule has 31 heavy (non-hydrogen) atoms. The van der Waals surface area contributed by atoms with Crippen LogP contribution in [-0.2, 0) is 12.8 Å². The van der Waals surface area contributed by atoms with E-state index in [4.69, 9.17) is 9.72 Å². The Morgan fingerprint density at radius 2 is 2.03 bits per heavy atom.